The summed E-state index contributed by atoms with van der Waals surface area (Å²) in [5.74, 6) is 0.610. The van der Waals surface area contributed by atoms with Crippen LogP contribution in [0, 0.1) is 11.3 Å². The molecule has 0 atom stereocenters. The normalized spacial score (nSPS) is 9.65. The quantitative estimate of drug-likeness (QED) is 0.870. The number of nitrogens with one attached hydrogen (secondary N) is 1. The minimum atomic E-state index is 0.553. The molecule has 0 bridgehead atoms. The highest BCUT2D eigenvalue weighted by Crippen LogP contribution is 2.19. The van der Waals surface area contributed by atoms with E-state index in [1.165, 1.54) is 0 Å². The fourth-order valence-electron chi connectivity index (χ4n) is 1.56. The van der Waals surface area contributed by atoms with Crippen LogP contribution in [0.3, 0.4) is 0 Å². The summed E-state index contributed by atoms with van der Waals surface area (Å²) in [7, 11) is 1.57. The van der Waals surface area contributed by atoms with Crippen molar-refractivity contribution in [2.24, 2.45) is 0 Å². The Balaban J connectivity index is 2.09. The van der Waals surface area contributed by atoms with Gasteiger partial charge < -0.3 is 10.2 Å². The van der Waals surface area contributed by atoms with Crippen molar-refractivity contribution < 1.29 is 4.74 Å². The minimum absolute atomic E-state index is 0.553. The predicted octanol–water partition coefficient (Wildman–Crippen LogP) is 2.11. The van der Waals surface area contributed by atoms with E-state index in [0.29, 0.717) is 17.9 Å². The molecular formula is C13H13N3O. The Hall–Kier alpha value is -2.41. The second-order valence-electron chi connectivity index (χ2n) is 3.57. The fourth-order valence-corrected chi connectivity index (χ4v) is 1.56. The van der Waals surface area contributed by atoms with Gasteiger partial charge in [0.2, 0.25) is 0 Å². The molecule has 0 saturated carbocycles. The molecule has 0 radical (unpaired) electrons. The van der Waals surface area contributed by atoms with Crippen molar-refractivity contribution in [1.29, 1.82) is 5.26 Å². The zero-order chi connectivity index (χ0) is 12.1. The van der Waals surface area contributed by atoms with E-state index in [1.807, 2.05) is 41.3 Å². The SMILES string of the molecule is COc1cc(CNn2cccc2)ccc1C#N. The summed E-state index contributed by atoms with van der Waals surface area (Å²) >= 11 is 0. The number of nitrogens with zero attached hydrogens (tertiary/aromatic N) is 2. The molecule has 4 nitrogen and oxygen atoms in total. The van der Waals surface area contributed by atoms with E-state index in [9.17, 15) is 0 Å². The van der Waals surface area contributed by atoms with Gasteiger partial charge in [-0.05, 0) is 29.8 Å². The first kappa shape index (κ1) is 11.1. The van der Waals surface area contributed by atoms with Gasteiger partial charge in [0.05, 0.1) is 19.2 Å². The summed E-state index contributed by atoms with van der Waals surface area (Å²) in [6.07, 6.45) is 3.86. The summed E-state index contributed by atoms with van der Waals surface area (Å²) in [5.41, 5.74) is 4.83. The van der Waals surface area contributed by atoms with Crippen LogP contribution in [0.5, 0.6) is 5.75 Å². The van der Waals surface area contributed by atoms with Crippen LogP contribution in [0.15, 0.2) is 42.7 Å². The molecule has 1 N–H and O–H groups in total. The van der Waals surface area contributed by atoms with Gasteiger partial charge in [-0.3, -0.25) is 4.68 Å². The van der Waals surface area contributed by atoms with Gasteiger partial charge in [-0.15, -0.1) is 0 Å². The zero-order valence-corrected chi connectivity index (χ0v) is 9.55. The third-order valence-corrected chi connectivity index (χ3v) is 2.46. The third-order valence-electron chi connectivity index (χ3n) is 2.46. The molecule has 0 spiro atoms. The lowest BCUT2D eigenvalue weighted by atomic mass is 10.1. The Bertz CT molecular complexity index is 526. The molecule has 2 aromatic rings. The summed E-state index contributed by atoms with van der Waals surface area (Å²) in [5, 5.41) is 8.87. The highest BCUT2D eigenvalue weighted by molar-refractivity contribution is 5.45. The van der Waals surface area contributed by atoms with Crippen LogP contribution >= 0.6 is 0 Å². The van der Waals surface area contributed by atoms with E-state index in [4.69, 9.17) is 10.00 Å². The number of aromatic nitrogens is 1. The third kappa shape index (κ3) is 2.58. The van der Waals surface area contributed by atoms with Gasteiger partial charge in [0, 0.05) is 12.4 Å². The molecule has 17 heavy (non-hydrogen) atoms. The molecule has 0 aliphatic heterocycles. The van der Waals surface area contributed by atoms with E-state index in [1.54, 1.807) is 13.2 Å². The van der Waals surface area contributed by atoms with Gasteiger partial charge >= 0.3 is 0 Å². The lowest BCUT2D eigenvalue weighted by molar-refractivity contribution is 0.413. The molecule has 1 aromatic heterocycles. The first-order chi connectivity index (χ1) is 8.33. The smallest absolute Gasteiger partial charge is 0.136 e. The average molecular weight is 227 g/mol. The maximum Gasteiger partial charge on any atom is 0.136 e. The van der Waals surface area contributed by atoms with Crippen LogP contribution in [-0.4, -0.2) is 11.8 Å². The topological polar surface area (TPSA) is 50.0 Å². The van der Waals surface area contributed by atoms with Gasteiger partial charge in [-0.1, -0.05) is 6.07 Å². The summed E-state index contributed by atoms with van der Waals surface area (Å²) in [6.45, 7) is 0.677. The molecule has 86 valence electrons. The summed E-state index contributed by atoms with van der Waals surface area (Å²) in [6, 6.07) is 11.5. The lowest BCUT2D eigenvalue weighted by Crippen LogP contribution is -2.11. The maximum absolute atomic E-state index is 8.87. The summed E-state index contributed by atoms with van der Waals surface area (Å²) < 4.78 is 7.04. The molecule has 0 fully saturated rings. The Morgan fingerprint density at radius 2 is 2.12 bits per heavy atom. The monoisotopic (exact) mass is 227 g/mol. The number of ether oxygens (including phenoxy) is 1. The lowest BCUT2D eigenvalue weighted by Gasteiger charge is -2.09. The Morgan fingerprint density at radius 3 is 2.76 bits per heavy atom. The van der Waals surface area contributed by atoms with Crippen LogP contribution in [-0.2, 0) is 6.54 Å². The maximum atomic E-state index is 8.87. The predicted molar refractivity (Wildman–Crippen MR) is 65.2 cm³/mol. The second-order valence-corrected chi connectivity index (χ2v) is 3.57. The zero-order valence-electron chi connectivity index (χ0n) is 9.55. The van der Waals surface area contributed by atoms with Gasteiger partial charge in [0.25, 0.3) is 0 Å². The first-order valence-electron chi connectivity index (χ1n) is 5.27. The molecule has 1 heterocycles. The summed E-state index contributed by atoms with van der Waals surface area (Å²) in [4.78, 5) is 0. The number of nitriles is 1. The first-order valence-corrected chi connectivity index (χ1v) is 5.27. The Morgan fingerprint density at radius 1 is 1.35 bits per heavy atom. The van der Waals surface area contributed by atoms with E-state index < -0.39 is 0 Å². The van der Waals surface area contributed by atoms with Gasteiger partial charge in [0.1, 0.15) is 11.8 Å². The number of hydrogen-bond acceptors (Lipinski definition) is 3. The van der Waals surface area contributed by atoms with Crippen molar-refractivity contribution in [3.63, 3.8) is 0 Å². The Kier molecular flexibility index (Phi) is 3.31. The van der Waals surface area contributed by atoms with Crippen LogP contribution < -0.4 is 10.2 Å². The van der Waals surface area contributed by atoms with Crippen molar-refractivity contribution in [2.45, 2.75) is 6.54 Å². The van der Waals surface area contributed by atoms with Gasteiger partial charge in [0.15, 0.2) is 0 Å². The van der Waals surface area contributed by atoms with E-state index in [-0.39, 0.29) is 0 Å². The van der Waals surface area contributed by atoms with Crippen molar-refractivity contribution in [2.75, 3.05) is 12.5 Å². The highest BCUT2D eigenvalue weighted by atomic mass is 16.5. The second kappa shape index (κ2) is 5.08. The molecule has 0 aliphatic rings. The standard InChI is InChI=1S/C13H13N3O/c1-17-13-8-11(4-5-12(13)9-14)10-15-16-6-2-3-7-16/h2-8,15H,10H2,1H3. The van der Waals surface area contributed by atoms with Crippen molar-refractivity contribution >= 4 is 0 Å². The molecule has 0 unspecified atom stereocenters. The average Bonchev–Trinajstić information content (AvgIpc) is 2.89. The van der Waals surface area contributed by atoms with Crippen LogP contribution in [0.1, 0.15) is 11.1 Å². The van der Waals surface area contributed by atoms with Crippen LogP contribution in [0.2, 0.25) is 0 Å². The molecule has 0 aliphatic carbocycles. The van der Waals surface area contributed by atoms with Crippen LogP contribution in [0.4, 0.5) is 0 Å². The number of benzene rings is 1. The van der Waals surface area contributed by atoms with Crippen molar-refractivity contribution in [3.05, 3.63) is 53.9 Å². The number of methoxy groups -OCH3 is 1. The van der Waals surface area contributed by atoms with E-state index >= 15 is 0 Å². The van der Waals surface area contributed by atoms with Gasteiger partial charge in [-0.2, -0.15) is 5.26 Å². The molecule has 0 saturated heterocycles. The van der Waals surface area contributed by atoms with Crippen molar-refractivity contribution in [3.8, 4) is 11.8 Å². The molecule has 2 rings (SSSR count). The molecule has 1 aromatic carbocycles. The molecule has 4 heteroatoms. The van der Waals surface area contributed by atoms with Crippen molar-refractivity contribution in [1.82, 2.24) is 4.68 Å². The Labute approximate surface area is 100 Å². The van der Waals surface area contributed by atoms with E-state index in [2.05, 4.69) is 11.5 Å². The van der Waals surface area contributed by atoms with E-state index in [0.717, 1.165) is 5.56 Å². The minimum Gasteiger partial charge on any atom is -0.495 e. The number of hydrogen-bond donors (Lipinski definition) is 1. The highest BCUT2D eigenvalue weighted by Gasteiger charge is 2.03. The largest absolute Gasteiger partial charge is 0.495 e. The van der Waals surface area contributed by atoms with Gasteiger partial charge in [-0.25, -0.2) is 0 Å². The van der Waals surface area contributed by atoms with Crippen LogP contribution in [0.25, 0.3) is 0 Å². The molecular weight excluding hydrogens is 214 g/mol. The fraction of sp³-hybridized carbons (Fsp3) is 0.154. The number of rotatable bonds is 4. The molecule has 0 amide bonds.